The van der Waals surface area contributed by atoms with Crippen LogP contribution in [0.4, 0.5) is 10.5 Å². The normalized spacial score (nSPS) is 20.5. The highest BCUT2D eigenvalue weighted by molar-refractivity contribution is 6.24. The third kappa shape index (κ3) is 2.29. The van der Waals surface area contributed by atoms with Gasteiger partial charge in [-0.3, -0.25) is 9.59 Å². The number of fused-ring (bicyclic) bond motifs is 5. The number of carbonyl (C=O) groups is 3. The van der Waals surface area contributed by atoms with Gasteiger partial charge in [-0.05, 0) is 56.2 Å². The monoisotopic (exact) mass is 403 g/mol. The summed E-state index contributed by atoms with van der Waals surface area (Å²) in [6.45, 7) is 3.68. The average molecular weight is 403 g/mol. The molecule has 3 aromatic rings. The summed E-state index contributed by atoms with van der Waals surface area (Å²) in [5.74, 6) is 0.299. The van der Waals surface area contributed by atoms with Crippen LogP contribution in [-0.4, -0.2) is 41.3 Å². The molecule has 1 saturated heterocycles. The standard InChI is InChI=1S/C23H21N3O4/c1-13(27)14-5-4-6-15(11-14)26-21(28)23(2)20-17(9-10-25(23)22(26)29)18-12-16(30-3)7-8-19(18)24-20/h4-8,11-12,24H,9-10H2,1-3H3/t23-/m1/s1. The van der Waals surface area contributed by atoms with E-state index >= 15 is 0 Å². The second kappa shape index (κ2) is 6.19. The zero-order valence-electron chi connectivity index (χ0n) is 17.0. The van der Waals surface area contributed by atoms with Gasteiger partial charge < -0.3 is 14.6 Å². The number of carbonyl (C=O) groups excluding carboxylic acids is 3. The largest absolute Gasteiger partial charge is 0.497 e. The van der Waals surface area contributed by atoms with Gasteiger partial charge in [0.05, 0.1) is 18.5 Å². The Bertz CT molecular complexity index is 1240. The van der Waals surface area contributed by atoms with Crippen LogP contribution >= 0.6 is 0 Å². The SMILES string of the molecule is COc1ccc2[nH]c3c(c2c1)CCN1C(=O)N(c2cccc(C(C)=O)c2)C(=O)[C@@]31C. The molecule has 1 aromatic heterocycles. The van der Waals surface area contributed by atoms with E-state index in [-0.39, 0.29) is 17.7 Å². The van der Waals surface area contributed by atoms with E-state index < -0.39 is 5.54 Å². The number of Topliss-reactive ketones (excluding diaryl/α,β-unsaturated/α-hetero) is 1. The van der Waals surface area contributed by atoms with Gasteiger partial charge in [-0.1, -0.05) is 12.1 Å². The number of anilines is 1. The molecule has 2 aliphatic heterocycles. The van der Waals surface area contributed by atoms with Crippen LogP contribution in [-0.2, 0) is 16.8 Å². The van der Waals surface area contributed by atoms with Gasteiger partial charge in [-0.2, -0.15) is 0 Å². The van der Waals surface area contributed by atoms with E-state index in [2.05, 4.69) is 4.98 Å². The predicted octanol–water partition coefficient (Wildman–Crippen LogP) is 3.62. The van der Waals surface area contributed by atoms with Crippen LogP contribution in [0.3, 0.4) is 0 Å². The summed E-state index contributed by atoms with van der Waals surface area (Å²) < 4.78 is 5.36. The number of nitrogens with zero attached hydrogens (tertiary/aromatic N) is 2. The second-order valence-corrected chi connectivity index (χ2v) is 7.89. The Balaban J connectivity index is 1.66. The quantitative estimate of drug-likeness (QED) is 0.535. The minimum absolute atomic E-state index is 0.119. The Morgan fingerprint density at radius 2 is 1.97 bits per heavy atom. The van der Waals surface area contributed by atoms with Crippen molar-refractivity contribution >= 4 is 34.3 Å². The highest BCUT2D eigenvalue weighted by Crippen LogP contribution is 2.45. The van der Waals surface area contributed by atoms with E-state index in [9.17, 15) is 14.4 Å². The number of hydrogen-bond donors (Lipinski definition) is 1. The molecule has 1 atom stereocenters. The lowest BCUT2D eigenvalue weighted by Crippen LogP contribution is -2.49. The Morgan fingerprint density at radius 3 is 2.70 bits per heavy atom. The molecule has 0 bridgehead atoms. The Hall–Kier alpha value is -3.61. The molecule has 0 saturated carbocycles. The van der Waals surface area contributed by atoms with Crippen LogP contribution in [0.25, 0.3) is 10.9 Å². The van der Waals surface area contributed by atoms with E-state index in [0.717, 1.165) is 27.9 Å². The molecule has 2 aromatic carbocycles. The number of aromatic nitrogens is 1. The van der Waals surface area contributed by atoms with Crippen LogP contribution in [0.1, 0.15) is 35.5 Å². The third-order valence-electron chi connectivity index (χ3n) is 6.28. The van der Waals surface area contributed by atoms with Crippen molar-refractivity contribution in [1.29, 1.82) is 0 Å². The van der Waals surface area contributed by atoms with Gasteiger partial charge in [0.15, 0.2) is 11.3 Å². The van der Waals surface area contributed by atoms with E-state index in [1.807, 2.05) is 18.2 Å². The predicted molar refractivity (Wildman–Crippen MR) is 112 cm³/mol. The maximum atomic E-state index is 13.6. The van der Waals surface area contributed by atoms with Gasteiger partial charge in [-0.25, -0.2) is 9.69 Å². The lowest BCUT2D eigenvalue weighted by atomic mass is 9.87. The molecule has 3 heterocycles. The van der Waals surface area contributed by atoms with Crippen LogP contribution in [0, 0.1) is 0 Å². The molecule has 0 unspecified atom stereocenters. The van der Waals surface area contributed by atoms with Gasteiger partial charge in [-0.15, -0.1) is 0 Å². The molecule has 7 heteroatoms. The number of amides is 3. The first-order valence-corrected chi connectivity index (χ1v) is 9.82. The zero-order valence-corrected chi connectivity index (χ0v) is 17.0. The van der Waals surface area contributed by atoms with Crippen molar-refractivity contribution in [2.45, 2.75) is 25.8 Å². The Morgan fingerprint density at radius 1 is 1.17 bits per heavy atom. The van der Waals surface area contributed by atoms with Gasteiger partial charge in [0, 0.05) is 23.0 Å². The van der Waals surface area contributed by atoms with Crippen LogP contribution in [0.15, 0.2) is 42.5 Å². The fourth-order valence-electron chi connectivity index (χ4n) is 4.64. The van der Waals surface area contributed by atoms with Gasteiger partial charge in [0.1, 0.15) is 5.75 Å². The molecule has 1 fully saturated rings. The first kappa shape index (κ1) is 18.4. The molecule has 5 rings (SSSR count). The average Bonchev–Trinajstić information content (AvgIpc) is 3.21. The molecule has 7 nitrogen and oxygen atoms in total. The highest BCUT2D eigenvalue weighted by Gasteiger charge is 2.59. The molecule has 30 heavy (non-hydrogen) atoms. The molecular formula is C23H21N3O4. The third-order valence-corrected chi connectivity index (χ3v) is 6.28. The summed E-state index contributed by atoms with van der Waals surface area (Å²) in [6.07, 6.45) is 0.637. The summed E-state index contributed by atoms with van der Waals surface area (Å²) in [7, 11) is 1.62. The fraction of sp³-hybridized carbons (Fsp3) is 0.261. The van der Waals surface area contributed by atoms with E-state index in [4.69, 9.17) is 4.74 Å². The summed E-state index contributed by atoms with van der Waals surface area (Å²) in [5, 5.41) is 1.00. The summed E-state index contributed by atoms with van der Waals surface area (Å²) in [6, 6.07) is 12.0. The van der Waals surface area contributed by atoms with Crippen molar-refractivity contribution in [3.8, 4) is 5.75 Å². The Kier molecular flexibility index (Phi) is 3.80. The number of benzene rings is 2. The van der Waals surface area contributed by atoms with Crippen molar-refractivity contribution in [3.63, 3.8) is 0 Å². The number of rotatable bonds is 3. The molecule has 0 radical (unpaired) electrons. The number of nitrogens with one attached hydrogen (secondary N) is 1. The lowest BCUT2D eigenvalue weighted by Gasteiger charge is -2.35. The lowest BCUT2D eigenvalue weighted by molar-refractivity contribution is -0.125. The summed E-state index contributed by atoms with van der Waals surface area (Å²) >= 11 is 0. The summed E-state index contributed by atoms with van der Waals surface area (Å²) in [4.78, 5) is 44.9. The molecule has 2 aliphatic rings. The molecular weight excluding hydrogens is 382 g/mol. The van der Waals surface area contributed by atoms with Crippen LogP contribution < -0.4 is 9.64 Å². The fourth-order valence-corrected chi connectivity index (χ4v) is 4.64. The number of ketones is 1. The van der Waals surface area contributed by atoms with Crippen LogP contribution in [0.5, 0.6) is 5.75 Å². The minimum atomic E-state index is -1.14. The molecule has 0 spiro atoms. The van der Waals surface area contributed by atoms with Crippen molar-refractivity contribution in [3.05, 3.63) is 59.3 Å². The van der Waals surface area contributed by atoms with Crippen molar-refractivity contribution in [2.75, 3.05) is 18.6 Å². The number of urea groups is 1. The van der Waals surface area contributed by atoms with Gasteiger partial charge in [0.25, 0.3) is 5.91 Å². The maximum Gasteiger partial charge on any atom is 0.332 e. The highest BCUT2D eigenvalue weighted by atomic mass is 16.5. The Labute approximate surface area is 173 Å². The number of aromatic amines is 1. The van der Waals surface area contributed by atoms with Crippen molar-refractivity contribution in [1.82, 2.24) is 9.88 Å². The van der Waals surface area contributed by atoms with Gasteiger partial charge >= 0.3 is 6.03 Å². The topological polar surface area (TPSA) is 82.7 Å². The van der Waals surface area contributed by atoms with E-state index in [1.165, 1.54) is 11.8 Å². The number of imide groups is 1. The maximum absolute atomic E-state index is 13.6. The number of methoxy groups -OCH3 is 1. The van der Waals surface area contributed by atoms with Gasteiger partial charge in [0.2, 0.25) is 0 Å². The van der Waals surface area contributed by atoms with E-state index in [0.29, 0.717) is 24.2 Å². The smallest absolute Gasteiger partial charge is 0.332 e. The van der Waals surface area contributed by atoms with Crippen LogP contribution in [0.2, 0.25) is 0 Å². The second-order valence-electron chi connectivity index (χ2n) is 7.89. The molecule has 152 valence electrons. The van der Waals surface area contributed by atoms with E-state index in [1.54, 1.807) is 43.2 Å². The first-order chi connectivity index (χ1) is 14.4. The molecule has 0 aliphatic carbocycles. The number of H-pyrrole nitrogens is 1. The zero-order chi connectivity index (χ0) is 21.2. The number of ether oxygens (including phenoxy) is 1. The van der Waals surface area contributed by atoms with Crippen molar-refractivity contribution in [2.24, 2.45) is 0 Å². The minimum Gasteiger partial charge on any atom is -0.497 e. The molecule has 3 amide bonds. The molecule has 1 N–H and O–H groups in total. The first-order valence-electron chi connectivity index (χ1n) is 9.82. The number of hydrogen-bond acceptors (Lipinski definition) is 4. The van der Waals surface area contributed by atoms with Crippen molar-refractivity contribution < 1.29 is 19.1 Å². The summed E-state index contributed by atoms with van der Waals surface area (Å²) in [5.41, 5.74) is 2.41.